The van der Waals surface area contributed by atoms with Crippen LogP contribution in [0.1, 0.15) is 104 Å². The Hall–Kier alpha value is -0.990. The number of hydrogen-bond acceptors (Lipinski definition) is 2. The van der Waals surface area contributed by atoms with E-state index in [1.165, 1.54) is 83.5 Å². The molecule has 0 rings (SSSR count). The van der Waals surface area contributed by atoms with Crippen molar-refractivity contribution in [1.29, 1.82) is 0 Å². The summed E-state index contributed by atoms with van der Waals surface area (Å²) < 4.78 is 4.81. The molecule has 0 aromatic carbocycles. The van der Waals surface area contributed by atoms with Crippen molar-refractivity contribution in [2.45, 2.75) is 104 Å². The maximum absolute atomic E-state index is 11.1. The molecule has 1 N–H and O–H groups in total. The van der Waals surface area contributed by atoms with Crippen LogP contribution in [0, 0.1) is 0 Å². The molecule has 0 atom stereocenters. The van der Waals surface area contributed by atoms with Gasteiger partial charge in [-0.25, -0.2) is 4.79 Å². The molecule has 0 saturated heterocycles. The van der Waals surface area contributed by atoms with Gasteiger partial charge in [0.15, 0.2) is 0 Å². The number of rotatable bonds is 17. The summed E-state index contributed by atoms with van der Waals surface area (Å²) in [5.74, 6) is 0. The first-order chi connectivity index (χ1) is 11.8. The molecule has 0 radical (unpaired) electrons. The van der Waals surface area contributed by atoms with Crippen molar-refractivity contribution in [3.8, 4) is 0 Å². The predicted octanol–water partition coefficient (Wildman–Crippen LogP) is 6.77. The Kier molecular flexibility index (Phi) is 19.2. The topological polar surface area (TPSA) is 38.3 Å². The van der Waals surface area contributed by atoms with E-state index in [0.29, 0.717) is 6.61 Å². The number of carbonyl (C=O) groups is 1. The normalized spacial score (nSPS) is 11.1. The van der Waals surface area contributed by atoms with Crippen LogP contribution in [-0.2, 0) is 4.74 Å². The number of unbranched alkanes of at least 4 members (excludes halogenated alkanes) is 12. The number of carbonyl (C=O) groups excluding carboxylic acids is 1. The predicted molar refractivity (Wildman–Crippen MR) is 104 cm³/mol. The molecule has 3 nitrogen and oxygen atoms in total. The quantitative estimate of drug-likeness (QED) is 0.234. The lowest BCUT2D eigenvalue weighted by Gasteiger charge is -2.04. The van der Waals surface area contributed by atoms with Gasteiger partial charge in [0.25, 0.3) is 0 Å². The van der Waals surface area contributed by atoms with Crippen LogP contribution in [0.25, 0.3) is 0 Å². The average Bonchev–Trinajstić information content (AvgIpc) is 2.58. The van der Waals surface area contributed by atoms with Crippen LogP contribution in [0.3, 0.4) is 0 Å². The number of nitrogens with one attached hydrogen (secondary N) is 1. The number of allylic oxidation sites excluding steroid dienone is 2. The molecule has 142 valence electrons. The molecule has 0 spiro atoms. The van der Waals surface area contributed by atoms with Gasteiger partial charge in [0.05, 0.1) is 6.61 Å². The molecule has 0 saturated carbocycles. The fourth-order valence-corrected chi connectivity index (χ4v) is 2.75. The fraction of sp³-hybridized carbons (Fsp3) is 0.857. The van der Waals surface area contributed by atoms with Gasteiger partial charge in [-0.15, -0.1) is 0 Å². The first kappa shape index (κ1) is 23.0. The summed E-state index contributed by atoms with van der Waals surface area (Å²) in [5, 5.41) is 2.76. The molecule has 0 unspecified atom stereocenters. The number of hydrogen-bond donors (Lipinski definition) is 1. The molecule has 3 heteroatoms. The van der Waals surface area contributed by atoms with Gasteiger partial charge in [0.2, 0.25) is 0 Å². The van der Waals surface area contributed by atoms with Gasteiger partial charge in [-0.1, -0.05) is 76.9 Å². The second-order valence-corrected chi connectivity index (χ2v) is 6.59. The minimum Gasteiger partial charge on any atom is -0.450 e. The second kappa shape index (κ2) is 20.1. The number of ether oxygens (including phenoxy) is 1. The monoisotopic (exact) mass is 339 g/mol. The maximum Gasteiger partial charge on any atom is 0.407 e. The molecule has 0 heterocycles. The Morgan fingerprint density at radius 3 is 1.79 bits per heavy atom. The van der Waals surface area contributed by atoms with Crippen molar-refractivity contribution in [3.63, 3.8) is 0 Å². The lowest BCUT2D eigenvalue weighted by atomic mass is 10.1. The summed E-state index contributed by atoms with van der Waals surface area (Å²) in [6.45, 7) is 5.27. The summed E-state index contributed by atoms with van der Waals surface area (Å²) >= 11 is 0. The van der Waals surface area contributed by atoms with Gasteiger partial charge in [-0.3, -0.25) is 0 Å². The highest BCUT2D eigenvalue weighted by Crippen LogP contribution is 2.09. The van der Waals surface area contributed by atoms with Crippen molar-refractivity contribution < 1.29 is 9.53 Å². The first-order valence-electron chi connectivity index (χ1n) is 10.4. The minimum absolute atomic E-state index is 0.287. The Morgan fingerprint density at radius 2 is 1.25 bits per heavy atom. The summed E-state index contributed by atoms with van der Waals surface area (Å²) in [6, 6.07) is 0. The summed E-state index contributed by atoms with van der Waals surface area (Å²) in [7, 11) is 0. The van der Waals surface area contributed by atoms with Gasteiger partial charge in [-0.2, -0.15) is 0 Å². The van der Waals surface area contributed by atoms with Crippen molar-refractivity contribution in [2.75, 3.05) is 13.2 Å². The highest BCUT2D eigenvalue weighted by molar-refractivity contribution is 5.66. The van der Waals surface area contributed by atoms with Gasteiger partial charge >= 0.3 is 6.09 Å². The third-order valence-electron chi connectivity index (χ3n) is 4.23. The van der Waals surface area contributed by atoms with E-state index >= 15 is 0 Å². The highest BCUT2D eigenvalue weighted by atomic mass is 16.5. The van der Waals surface area contributed by atoms with E-state index in [2.05, 4.69) is 24.4 Å². The molecular weight excluding hydrogens is 298 g/mol. The third-order valence-corrected chi connectivity index (χ3v) is 4.23. The molecule has 0 aromatic rings. The number of alkyl carbamates (subject to hydrolysis) is 1. The van der Waals surface area contributed by atoms with E-state index < -0.39 is 0 Å². The van der Waals surface area contributed by atoms with Crippen LogP contribution < -0.4 is 5.32 Å². The smallest absolute Gasteiger partial charge is 0.407 e. The molecule has 0 fully saturated rings. The highest BCUT2D eigenvalue weighted by Gasteiger charge is 1.98. The molecule has 0 aromatic heterocycles. The molecule has 0 aliphatic heterocycles. The largest absolute Gasteiger partial charge is 0.450 e. The van der Waals surface area contributed by atoms with Crippen molar-refractivity contribution >= 4 is 6.09 Å². The lowest BCUT2D eigenvalue weighted by Crippen LogP contribution is -2.25. The zero-order chi connectivity index (χ0) is 17.7. The van der Waals surface area contributed by atoms with E-state index in [1.54, 1.807) is 0 Å². The fourth-order valence-electron chi connectivity index (χ4n) is 2.75. The maximum atomic E-state index is 11.1. The van der Waals surface area contributed by atoms with Crippen LogP contribution in [0.15, 0.2) is 12.2 Å². The lowest BCUT2D eigenvalue weighted by molar-refractivity contribution is 0.152. The number of amides is 1. The van der Waals surface area contributed by atoms with Crippen LogP contribution in [-0.4, -0.2) is 19.2 Å². The van der Waals surface area contributed by atoms with Crippen molar-refractivity contribution in [3.05, 3.63) is 12.2 Å². The van der Waals surface area contributed by atoms with E-state index in [0.717, 1.165) is 13.0 Å². The van der Waals surface area contributed by atoms with E-state index in [9.17, 15) is 4.79 Å². The minimum atomic E-state index is -0.287. The van der Waals surface area contributed by atoms with Crippen molar-refractivity contribution in [1.82, 2.24) is 5.32 Å². The summed E-state index contributed by atoms with van der Waals surface area (Å²) in [6.07, 6.45) is 22.8. The second-order valence-electron chi connectivity index (χ2n) is 6.59. The standard InChI is InChI=1S/C21H41NO2/c1-3-5-6-7-8-9-10-11-12-13-14-15-16-17-18-19-20-22-21(23)24-4-2/h11-12H,3-10,13-20H2,1-2H3,(H,22,23)/b12-11-. The Labute approximate surface area is 150 Å². The molecular formula is C21H41NO2. The first-order valence-corrected chi connectivity index (χ1v) is 10.4. The van der Waals surface area contributed by atoms with Gasteiger partial charge < -0.3 is 10.1 Å². The molecule has 0 aliphatic carbocycles. The van der Waals surface area contributed by atoms with Crippen LogP contribution in [0.5, 0.6) is 0 Å². The molecule has 1 amide bonds. The van der Waals surface area contributed by atoms with Gasteiger partial charge in [-0.05, 0) is 39.0 Å². The average molecular weight is 340 g/mol. The van der Waals surface area contributed by atoms with Crippen molar-refractivity contribution in [2.24, 2.45) is 0 Å². The van der Waals surface area contributed by atoms with Crippen LogP contribution in [0.2, 0.25) is 0 Å². The van der Waals surface area contributed by atoms with Gasteiger partial charge in [0, 0.05) is 6.54 Å². The summed E-state index contributed by atoms with van der Waals surface area (Å²) in [5.41, 5.74) is 0. The molecule has 0 aliphatic rings. The Bertz CT molecular complexity index is 290. The molecule has 0 bridgehead atoms. The zero-order valence-corrected chi connectivity index (χ0v) is 16.3. The zero-order valence-electron chi connectivity index (χ0n) is 16.3. The summed E-state index contributed by atoms with van der Waals surface area (Å²) in [4.78, 5) is 11.1. The van der Waals surface area contributed by atoms with Gasteiger partial charge in [0.1, 0.15) is 0 Å². The Morgan fingerprint density at radius 1 is 0.750 bits per heavy atom. The van der Waals surface area contributed by atoms with Crippen LogP contribution >= 0.6 is 0 Å². The van der Waals surface area contributed by atoms with E-state index in [-0.39, 0.29) is 6.09 Å². The van der Waals surface area contributed by atoms with E-state index in [4.69, 9.17) is 4.74 Å². The van der Waals surface area contributed by atoms with Crippen LogP contribution in [0.4, 0.5) is 4.79 Å². The Balaban J connectivity index is 3.11. The third kappa shape index (κ3) is 19.1. The SMILES string of the molecule is CCCCCCCC/C=C\CCCCCCCCNC(=O)OCC. The van der Waals surface area contributed by atoms with E-state index in [1.807, 2.05) is 6.92 Å². The molecule has 24 heavy (non-hydrogen) atoms.